The Morgan fingerprint density at radius 1 is 1.17 bits per heavy atom. The van der Waals surface area contributed by atoms with Gasteiger partial charge in [0.1, 0.15) is 6.10 Å². The van der Waals surface area contributed by atoms with Gasteiger partial charge in [0.2, 0.25) is 5.95 Å². The number of rotatable bonds is 4. The molecule has 29 heavy (non-hydrogen) atoms. The number of anilines is 1. The molecule has 0 saturated carbocycles. The van der Waals surface area contributed by atoms with Crippen LogP contribution in [0.5, 0.6) is 0 Å². The highest BCUT2D eigenvalue weighted by Crippen LogP contribution is 2.27. The van der Waals surface area contributed by atoms with E-state index in [4.69, 9.17) is 9.72 Å². The van der Waals surface area contributed by atoms with E-state index in [0.717, 1.165) is 11.1 Å². The molecule has 4 rings (SSSR count). The summed E-state index contributed by atoms with van der Waals surface area (Å²) >= 11 is 0. The third-order valence-corrected chi connectivity index (χ3v) is 4.91. The Balaban J connectivity index is 1.63. The van der Waals surface area contributed by atoms with E-state index in [9.17, 15) is 14.9 Å². The maximum atomic E-state index is 12.5. The molecular formula is C20H19N5O4. The molecule has 2 aromatic heterocycles. The lowest BCUT2D eigenvalue weighted by Gasteiger charge is -2.34. The molecule has 1 aliphatic rings. The van der Waals surface area contributed by atoms with E-state index < -0.39 is 4.92 Å². The van der Waals surface area contributed by atoms with E-state index >= 15 is 0 Å². The summed E-state index contributed by atoms with van der Waals surface area (Å²) in [5.41, 5.74) is 2.13. The molecule has 1 saturated heterocycles. The van der Waals surface area contributed by atoms with Crippen molar-refractivity contribution >= 4 is 11.6 Å². The molecule has 148 valence electrons. The minimum atomic E-state index is -0.428. The van der Waals surface area contributed by atoms with Crippen molar-refractivity contribution in [3.05, 3.63) is 80.9 Å². The van der Waals surface area contributed by atoms with Crippen LogP contribution in [0.15, 0.2) is 59.7 Å². The van der Waals surface area contributed by atoms with Crippen LogP contribution in [0.1, 0.15) is 11.7 Å². The average Bonchev–Trinajstić information content (AvgIpc) is 2.76. The number of morpholine rings is 1. The number of nitro groups is 1. The molecule has 0 amide bonds. The Morgan fingerprint density at radius 3 is 2.59 bits per heavy atom. The molecule has 0 aliphatic carbocycles. The van der Waals surface area contributed by atoms with Gasteiger partial charge in [0.05, 0.1) is 23.8 Å². The van der Waals surface area contributed by atoms with E-state index in [1.807, 2.05) is 17.0 Å². The topological polar surface area (TPSA) is 103 Å². The van der Waals surface area contributed by atoms with E-state index in [1.165, 1.54) is 22.8 Å². The van der Waals surface area contributed by atoms with Crippen molar-refractivity contribution in [3.8, 4) is 11.3 Å². The second kappa shape index (κ2) is 7.80. The number of benzene rings is 1. The fraction of sp³-hybridized carbons (Fsp3) is 0.250. The lowest BCUT2D eigenvalue weighted by molar-refractivity contribution is -0.384. The van der Waals surface area contributed by atoms with Crippen LogP contribution in [0.2, 0.25) is 0 Å². The number of hydrogen-bond donors (Lipinski definition) is 0. The SMILES string of the molecule is Cn1c(N2CCOC(c3ccc([N+](=O)[O-])cc3)C2)nc(-c2ccncc2)cc1=O. The number of hydrogen-bond acceptors (Lipinski definition) is 7. The van der Waals surface area contributed by atoms with Crippen LogP contribution in [0.3, 0.4) is 0 Å². The predicted molar refractivity (Wildman–Crippen MR) is 107 cm³/mol. The van der Waals surface area contributed by atoms with E-state index in [2.05, 4.69) is 4.98 Å². The van der Waals surface area contributed by atoms with Crippen LogP contribution in [0, 0.1) is 10.1 Å². The van der Waals surface area contributed by atoms with Crippen molar-refractivity contribution < 1.29 is 9.66 Å². The van der Waals surface area contributed by atoms with Crippen LogP contribution in [-0.2, 0) is 11.8 Å². The molecule has 1 unspecified atom stereocenters. The smallest absolute Gasteiger partial charge is 0.269 e. The van der Waals surface area contributed by atoms with Crippen molar-refractivity contribution in [1.82, 2.24) is 14.5 Å². The van der Waals surface area contributed by atoms with Crippen LogP contribution >= 0.6 is 0 Å². The first-order valence-corrected chi connectivity index (χ1v) is 9.12. The quantitative estimate of drug-likeness (QED) is 0.495. The lowest BCUT2D eigenvalue weighted by Crippen LogP contribution is -2.41. The minimum Gasteiger partial charge on any atom is -0.370 e. The zero-order valence-corrected chi connectivity index (χ0v) is 15.8. The normalized spacial score (nSPS) is 16.6. The number of nitrogens with zero attached hydrogens (tertiary/aromatic N) is 5. The molecule has 9 heteroatoms. The fourth-order valence-electron chi connectivity index (χ4n) is 3.32. The van der Waals surface area contributed by atoms with Crippen LogP contribution in [0.4, 0.5) is 11.6 Å². The molecule has 0 spiro atoms. The Bertz CT molecular complexity index is 1080. The van der Waals surface area contributed by atoms with E-state index in [-0.39, 0.29) is 17.4 Å². The van der Waals surface area contributed by atoms with Crippen molar-refractivity contribution in [3.63, 3.8) is 0 Å². The van der Waals surface area contributed by atoms with Gasteiger partial charge >= 0.3 is 0 Å². The summed E-state index contributed by atoms with van der Waals surface area (Å²) in [5.74, 6) is 0.555. The first kappa shape index (κ1) is 18.8. The average molecular weight is 393 g/mol. The van der Waals surface area contributed by atoms with E-state index in [1.54, 1.807) is 31.6 Å². The van der Waals surface area contributed by atoms with Gasteiger partial charge in [-0.05, 0) is 29.8 Å². The maximum absolute atomic E-state index is 12.5. The second-order valence-corrected chi connectivity index (χ2v) is 6.73. The molecule has 3 heterocycles. The molecule has 0 N–H and O–H groups in total. The van der Waals surface area contributed by atoms with Gasteiger partial charge in [0.15, 0.2) is 0 Å². The van der Waals surface area contributed by atoms with Crippen molar-refractivity contribution in [1.29, 1.82) is 0 Å². The number of nitro benzene ring substituents is 1. The van der Waals surface area contributed by atoms with Gasteiger partial charge in [-0.15, -0.1) is 0 Å². The third-order valence-electron chi connectivity index (χ3n) is 4.91. The summed E-state index contributed by atoms with van der Waals surface area (Å²) in [7, 11) is 1.69. The highest BCUT2D eigenvalue weighted by atomic mass is 16.6. The van der Waals surface area contributed by atoms with Crippen molar-refractivity contribution in [2.24, 2.45) is 7.05 Å². The Labute approximate surface area is 166 Å². The zero-order valence-electron chi connectivity index (χ0n) is 15.8. The standard InChI is InChI=1S/C20H19N5O4/c1-23-19(26)12-17(14-6-8-21-9-7-14)22-20(23)24-10-11-29-18(13-24)15-2-4-16(5-3-15)25(27)28/h2-9,12,18H,10-11,13H2,1H3. The second-order valence-electron chi connectivity index (χ2n) is 6.73. The highest BCUT2D eigenvalue weighted by Gasteiger charge is 2.25. The highest BCUT2D eigenvalue weighted by molar-refractivity contribution is 5.59. The Hall–Kier alpha value is -3.59. The van der Waals surface area contributed by atoms with Gasteiger partial charge in [0, 0.05) is 49.7 Å². The summed E-state index contributed by atoms with van der Waals surface area (Å²) in [6.45, 7) is 1.53. The molecule has 3 aromatic rings. The molecule has 0 bridgehead atoms. The van der Waals surface area contributed by atoms with Gasteiger partial charge in [-0.1, -0.05) is 0 Å². The molecule has 1 aliphatic heterocycles. The molecule has 1 aromatic carbocycles. The predicted octanol–water partition coefficient (Wildman–Crippen LogP) is 2.33. The van der Waals surface area contributed by atoms with Gasteiger partial charge in [0.25, 0.3) is 11.2 Å². The minimum absolute atomic E-state index is 0.0375. The monoisotopic (exact) mass is 393 g/mol. The maximum Gasteiger partial charge on any atom is 0.269 e. The number of aromatic nitrogens is 3. The van der Waals surface area contributed by atoms with Crippen LogP contribution < -0.4 is 10.5 Å². The third kappa shape index (κ3) is 3.85. The zero-order chi connectivity index (χ0) is 20.4. The summed E-state index contributed by atoms with van der Waals surface area (Å²) in [5, 5.41) is 10.9. The molecule has 1 atom stereocenters. The van der Waals surface area contributed by atoms with Gasteiger partial charge in [-0.3, -0.25) is 24.5 Å². The number of ether oxygens (including phenoxy) is 1. The molecular weight excluding hydrogens is 374 g/mol. The van der Waals surface area contributed by atoms with E-state index in [0.29, 0.717) is 31.3 Å². The summed E-state index contributed by atoms with van der Waals surface area (Å²) < 4.78 is 7.38. The Morgan fingerprint density at radius 2 is 1.90 bits per heavy atom. The van der Waals surface area contributed by atoms with Crippen LogP contribution in [0.25, 0.3) is 11.3 Å². The molecule has 0 radical (unpaired) electrons. The van der Waals surface area contributed by atoms with Crippen LogP contribution in [-0.4, -0.2) is 39.2 Å². The van der Waals surface area contributed by atoms with Crippen molar-refractivity contribution in [2.75, 3.05) is 24.6 Å². The largest absolute Gasteiger partial charge is 0.370 e. The number of pyridine rings is 1. The van der Waals surface area contributed by atoms with Gasteiger partial charge in [-0.2, -0.15) is 0 Å². The fourth-order valence-corrected chi connectivity index (χ4v) is 3.32. The first-order chi connectivity index (χ1) is 14.0. The summed E-state index contributed by atoms with van der Waals surface area (Å²) in [6, 6.07) is 11.5. The number of non-ortho nitro benzene ring substituents is 1. The summed E-state index contributed by atoms with van der Waals surface area (Å²) in [6.07, 6.45) is 3.05. The Kier molecular flexibility index (Phi) is 5.05. The van der Waals surface area contributed by atoms with Gasteiger partial charge in [-0.25, -0.2) is 4.98 Å². The lowest BCUT2D eigenvalue weighted by atomic mass is 10.1. The van der Waals surface area contributed by atoms with Crippen molar-refractivity contribution in [2.45, 2.75) is 6.10 Å². The summed E-state index contributed by atoms with van der Waals surface area (Å²) in [4.78, 5) is 33.7. The molecule has 9 nitrogen and oxygen atoms in total. The van der Waals surface area contributed by atoms with Gasteiger partial charge < -0.3 is 9.64 Å². The first-order valence-electron chi connectivity index (χ1n) is 9.12. The molecule has 1 fully saturated rings.